The van der Waals surface area contributed by atoms with Gasteiger partial charge < -0.3 is 19.9 Å². The van der Waals surface area contributed by atoms with E-state index in [1.807, 2.05) is 0 Å². The summed E-state index contributed by atoms with van der Waals surface area (Å²) in [6, 6.07) is 8.38. The highest BCUT2D eigenvalue weighted by Crippen LogP contribution is 2.36. The van der Waals surface area contributed by atoms with Gasteiger partial charge in [0.2, 0.25) is 0 Å². The summed E-state index contributed by atoms with van der Waals surface area (Å²) in [6.45, 7) is 0. The molecule has 1 aromatic heterocycles. The first-order valence-electron chi connectivity index (χ1n) is 9.50. The fraction of sp³-hybridized carbons (Fsp3) is 0.227. The number of nitrogens with zero attached hydrogens (tertiary/aromatic N) is 1. The number of rotatable bonds is 8. The number of benzene rings is 2. The molecule has 11 heteroatoms. The van der Waals surface area contributed by atoms with Gasteiger partial charge in [0.1, 0.15) is 10.7 Å². The molecule has 2 aromatic carbocycles. The minimum absolute atomic E-state index is 0.00662. The lowest BCUT2D eigenvalue weighted by atomic mass is 10.0. The summed E-state index contributed by atoms with van der Waals surface area (Å²) in [7, 11) is 2.84. The van der Waals surface area contributed by atoms with Gasteiger partial charge in [0.05, 0.1) is 32.2 Å². The second-order valence-electron chi connectivity index (χ2n) is 6.82. The second kappa shape index (κ2) is 9.90. The smallest absolute Gasteiger partial charge is 0.416 e. The van der Waals surface area contributed by atoms with E-state index in [0.29, 0.717) is 21.9 Å². The maximum absolute atomic E-state index is 12.8. The number of halogens is 3. The first kappa shape index (κ1) is 24.1. The molecule has 0 aliphatic heterocycles. The number of nitrogens with one attached hydrogen (secondary N) is 1. The monoisotopic (exact) mass is 480 g/mol. The van der Waals surface area contributed by atoms with Crippen LogP contribution in [0.5, 0.6) is 11.5 Å². The molecule has 1 unspecified atom stereocenters. The fourth-order valence-electron chi connectivity index (χ4n) is 3.14. The van der Waals surface area contributed by atoms with Gasteiger partial charge in [0.25, 0.3) is 5.91 Å². The van der Waals surface area contributed by atoms with Crippen LogP contribution < -0.4 is 14.8 Å². The third-order valence-corrected chi connectivity index (χ3v) is 5.58. The Morgan fingerprint density at radius 1 is 1.12 bits per heavy atom. The summed E-state index contributed by atoms with van der Waals surface area (Å²) in [5.74, 6) is -1.12. The lowest BCUT2D eigenvalue weighted by Gasteiger charge is -2.21. The highest BCUT2D eigenvalue weighted by atomic mass is 32.1. The summed E-state index contributed by atoms with van der Waals surface area (Å²) in [5.41, 5.74) is 0.0473. The SMILES string of the molecule is COc1cccc(C(CC(=O)O)NC(=O)c2csc(-c3ccc(C(F)(F)F)cc3)n2)c1OC. The van der Waals surface area contributed by atoms with Gasteiger partial charge in [-0.25, -0.2) is 4.98 Å². The number of methoxy groups -OCH3 is 2. The lowest BCUT2D eigenvalue weighted by molar-refractivity contribution is -0.138. The minimum Gasteiger partial charge on any atom is -0.493 e. The first-order chi connectivity index (χ1) is 15.6. The van der Waals surface area contributed by atoms with E-state index in [4.69, 9.17) is 9.47 Å². The van der Waals surface area contributed by atoms with Crippen LogP contribution in [0.15, 0.2) is 47.8 Å². The van der Waals surface area contributed by atoms with Crippen LogP contribution in [0.3, 0.4) is 0 Å². The average molecular weight is 480 g/mol. The number of ether oxygens (including phenoxy) is 2. The Hall–Kier alpha value is -3.60. The molecular weight excluding hydrogens is 461 g/mol. The molecule has 0 spiro atoms. The number of para-hydroxylation sites is 1. The van der Waals surface area contributed by atoms with Gasteiger partial charge in [0, 0.05) is 16.5 Å². The zero-order chi connectivity index (χ0) is 24.2. The average Bonchev–Trinajstić information content (AvgIpc) is 3.27. The third-order valence-electron chi connectivity index (χ3n) is 4.69. The number of aromatic nitrogens is 1. The van der Waals surface area contributed by atoms with Crippen molar-refractivity contribution in [1.82, 2.24) is 10.3 Å². The maximum Gasteiger partial charge on any atom is 0.416 e. The molecule has 0 radical (unpaired) electrons. The van der Waals surface area contributed by atoms with Gasteiger partial charge in [-0.05, 0) is 18.2 Å². The highest BCUT2D eigenvalue weighted by Gasteiger charge is 2.30. The molecule has 7 nitrogen and oxygen atoms in total. The van der Waals surface area contributed by atoms with Gasteiger partial charge in [-0.3, -0.25) is 9.59 Å². The fourth-order valence-corrected chi connectivity index (χ4v) is 3.95. The number of carboxylic acid groups (broad SMARTS) is 1. The predicted molar refractivity (Wildman–Crippen MR) is 115 cm³/mol. The van der Waals surface area contributed by atoms with Crippen LogP contribution in [-0.2, 0) is 11.0 Å². The van der Waals surface area contributed by atoms with Crippen LogP contribution in [0.4, 0.5) is 13.2 Å². The van der Waals surface area contributed by atoms with Crippen molar-refractivity contribution in [3.63, 3.8) is 0 Å². The van der Waals surface area contributed by atoms with E-state index < -0.39 is 36.1 Å². The Labute approximate surface area is 190 Å². The molecule has 1 heterocycles. The largest absolute Gasteiger partial charge is 0.493 e. The Morgan fingerprint density at radius 2 is 1.82 bits per heavy atom. The Morgan fingerprint density at radius 3 is 2.39 bits per heavy atom. The van der Waals surface area contributed by atoms with Crippen LogP contribution in [-0.4, -0.2) is 36.2 Å². The predicted octanol–water partition coefficient (Wildman–Crippen LogP) is 4.79. The van der Waals surface area contributed by atoms with E-state index in [9.17, 15) is 27.9 Å². The van der Waals surface area contributed by atoms with E-state index in [1.165, 1.54) is 31.7 Å². The molecule has 0 aliphatic rings. The van der Waals surface area contributed by atoms with Crippen molar-refractivity contribution >= 4 is 23.2 Å². The number of carboxylic acids is 1. The van der Waals surface area contributed by atoms with E-state index in [1.54, 1.807) is 18.2 Å². The molecular formula is C22H19F3N2O5S. The number of thiazole rings is 1. The second-order valence-corrected chi connectivity index (χ2v) is 7.68. The first-order valence-corrected chi connectivity index (χ1v) is 10.4. The van der Waals surface area contributed by atoms with Crippen molar-refractivity contribution < 1.29 is 37.3 Å². The van der Waals surface area contributed by atoms with Crippen LogP contribution >= 0.6 is 11.3 Å². The van der Waals surface area contributed by atoms with Crippen molar-refractivity contribution in [3.05, 3.63) is 64.7 Å². The van der Waals surface area contributed by atoms with Gasteiger partial charge in [-0.1, -0.05) is 24.3 Å². The number of carbonyl (C=O) groups excluding carboxylic acids is 1. The number of carbonyl (C=O) groups is 2. The highest BCUT2D eigenvalue weighted by molar-refractivity contribution is 7.13. The summed E-state index contributed by atoms with van der Waals surface area (Å²) in [4.78, 5) is 28.4. The molecule has 1 amide bonds. The van der Waals surface area contributed by atoms with Gasteiger partial charge >= 0.3 is 12.1 Å². The topological polar surface area (TPSA) is 97.8 Å². The Bertz CT molecular complexity index is 1150. The van der Waals surface area contributed by atoms with Crippen molar-refractivity contribution in [2.24, 2.45) is 0 Å². The molecule has 0 saturated carbocycles. The lowest BCUT2D eigenvalue weighted by Crippen LogP contribution is -2.30. The summed E-state index contributed by atoms with van der Waals surface area (Å²) >= 11 is 1.08. The zero-order valence-electron chi connectivity index (χ0n) is 17.5. The number of amides is 1. The molecule has 0 aliphatic carbocycles. The van der Waals surface area contributed by atoms with Gasteiger partial charge in [0.15, 0.2) is 11.5 Å². The van der Waals surface area contributed by atoms with Crippen LogP contribution in [0.1, 0.15) is 34.1 Å². The summed E-state index contributed by atoms with van der Waals surface area (Å²) in [5, 5.41) is 13.8. The minimum atomic E-state index is -4.45. The normalized spacial score (nSPS) is 12.2. The van der Waals surface area contributed by atoms with E-state index in [-0.39, 0.29) is 11.4 Å². The third kappa shape index (κ3) is 5.61. The van der Waals surface area contributed by atoms with Crippen LogP contribution in [0.2, 0.25) is 0 Å². The van der Waals surface area contributed by atoms with Crippen LogP contribution in [0.25, 0.3) is 10.6 Å². The number of hydrogen-bond donors (Lipinski definition) is 2. The molecule has 3 aromatic rings. The van der Waals surface area contributed by atoms with Crippen molar-refractivity contribution in [2.45, 2.75) is 18.6 Å². The van der Waals surface area contributed by atoms with Crippen molar-refractivity contribution in [3.8, 4) is 22.1 Å². The van der Waals surface area contributed by atoms with Crippen LogP contribution in [0, 0.1) is 0 Å². The standard InChI is InChI=1S/C22H19F3N2O5S/c1-31-17-5-3-4-14(19(17)32-2)15(10-18(28)29)26-20(30)16-11-33-21(27-16)12-6-8-13(9-7-12)22(23,24)25/h3-9,11,15H,10H2,1-2H3,(H,26,30)(H,28,29). The van der Waals surface area contributed by atoms with Crippen molar-refractivity contribution in [2.75, 3.05) is 14.2 Å². The molecule has 3 rings (SSSR count). The number of hydrogen-bond acceptors (Lipinski definition) is 6. The number of aliphatic carboxylic acids is 1. The summed E-state index contributed by atoms with van der Waals surface area (Å²) < 4.78 is 48.9. The molecule has 0 fully saturated rings. The Balaban J connectivity index is 1.84. The maximum atomic E-state index is 12.8. The Kier molecular flexibility index (Phi) is 7.22. The molecule has 33 heavy (non-hydrogen) atoms. The quantitative estimate of drug-likeness (QED) is 0.481. The molecule has 0 saturated heterocycles. The molecule has 1 atom stereocenters. The number of alkyl halides is 3. The van der Waals surface area contributed by atoms with E-state index in [0.717, 1.165) is 23.5 Å². The molecule has 174 valence electrons. The van der Waals surface area contributed by atoms with E-state index in [2.05, 4.69) is 10.3 Å². The molecule has 0 bridgehead atoms. The summed E-state index contributed by atoms with van der Waals surface area (Å²) in [6.07, 6.45) is -4.88. The van der Waals surface area contributed by atoms with Gasteiger partial charge in [-0.2, -0.15) is 13.2 Å². The van der Waals surface area contributed by atoms with Crippen molar-refractivity contribution in [1.29, 1.82) is 0 Å². The molecule has 2 N–H and O–H groups in total. The zero-order valence-corrected chi connectivity index (χ0v) is 18.3. The van der Waals surface area contributed by atoms with E-state index >= 15 is 0 Å². The van der Waals surface area contributed by atoms with Gasteiger partial charge in [-0.15, -0.1) is 11.3 Å².